The molecule has 8 nitrogen and oxygen atoms in total. The maximum absolute atomic E-state index is 12.7. The highest BCUT2D eigenvalue weighted by atomic mass is 16.5. The predicted octanol–water partition coefficient (Wildman–Crippen LogP) is 0.763. The Morgan fingerprint density at radius 3 is 1.82 bits per heavy atom. The summed E-state index contributed by atoms with van der Waals surface area (Å²) >= 11 is 0. The molecule has 0 aliphatic rings. The first-order valence-corrected chi connectivity index (χ1v) is 8.92. The van der Waals surface area contributed by atoms with E-state index in [-0.39, 0.29) is 30.9 Å². The number of nitrogens with two attached hydrogens (primary N) is 1. The molecule has 0 spiro atoms. The van der Waals surface area contributed by atoms with Crippen molar-refractivity contribution in [2.75, 3.05) is 6.61 Å². The molecule has 0 aliphatic heterocycles. The Kier molecular flexibility index (Phi) is 7.79. The number of aromatic hydroxyl groups is 2. The van der Waals surface area contributed by atoms with Crippen LogP contribution >= 0.6 is 0 Å². The van der Waals surface area contributed by atoms with Crippen LogP contribution < -0.4 is 16.6 Å². The first kappa shape index (κ1) is 21.2. The molecule has 0 heterocycles. The third kappa shape index (κ3) is 6.26. The molecule has 0 aromatic heterocycles. The van der Waals surface area contributed by atoms with Crippen LogP contribution in [-0.2, 0) is 27.2 Å². The molecule has 2 rings (SSSR count). The van der Waals surface area contributed by atoms with Crippen molar-refractivity contribution < 1.29 is 24.5 Å². The predicted molar refractivity (Wildman–Crippen MR) is 103 cm³/mol. The SMILES string of the molecule is CCOC(=O)C(Cc1ccc(O)cc1)NC(=O)C(Cc1ccc(O)cc1)NN. The van der Waals surface area contributed by atoms with Crippen LogP contribution in [0.25, 0.3) is 0 Å². The number of phenols is 2. The molecule has 1 amide bonds. The van der Waals surface area contributed by atoms with Crippen molar-refractivity contribution in [1.82, 2.24) is 10.7 Å². The number of amides is 1. The van der Waals surface area contributed by atoms with E-state index >= 15 is 0 Å². The molecule has 2 unspecified atom stereocenters. The number of phenolic OH excluding ortho intramolecular Hbond substituents is 2. The van der Waals surface area contributed by atoms with Crippen LogP contribution in [-0.4, -0.2) is 40.8 Å². The summed E-state index contributed by atoms with van der Waals surface area (Å²) in [6.07, 6.45) is 0.485. The van der Waals surface area contributed by atoms with Gasteiger partial charge in [-0.1, -0.05) is 24.3 Å². The molecule has 0 radical (unpaired) electrons. The van der Waals surface area contributed by atoms with Crippen LogP contribution in [0.2, 0.25) is 0 Å². The number of carbonyl (C=O) groups is 2. The summed E-state index contributed by atoms with van der Waals surface area (Å²) in [5.41, 5.74) is 4.00. The molecule has 8 heteroatoms. The van der Waals surface area contributed by atoms with E-state index in [0.717, 1.165) is 11.1 Å². The van der Waals surface area contributed by atoms with Gasteiger partial charge < -0.3 is 20.3 Å². The molecule has 2 aromatic rings. The van der Waals surface area contributed by atoms with Crippen molar-refractivity contribution >= 4 is 11.9 Å². The van der Waals surface area contributed by atoms with E-state index in [4.69, 9.17) is 10.6 Å². The first-order valence-electron chi connectivity index (χ1n) is 8.92. The van der Waals surface area contributed by atoms with E-state index in [2.05, 4.69) is 10.7 Å². The quantitative estimate of drug-likeness (QED) is 0.244. The maximum Gasteiger partial charge on any atom is 0.328 e. The van der Waals surface area contributed by atoms with E-state index in [0.29, 0.717) is 0 Å². The fraction of sp³-hybridized carbons (Fsp3) is 0.300. The number of hydrazine groups is 1. The van der Waals surface area contributed by atoms with Crippen molar-refractivity contribution in [3.05, 3.63) is 59.7 Å². The number of rotatable bonds is 9. The minimum Gasteiger partial charge on any atom is -0.508 e. The molecule has 2 aromatic carbocycles. The van der Waals surface area contributed by atoms with E-state index in [9.17, 15) is 19.8 Å². The standard InChI is InChI=1S/C20H25N3O5/c1-2-28-20(27)18(12-14-5-9-16(25)10-6-14)22-19(26)17(23-21)11-13-3-7-15(24)8-4-13/h3-10,17-18,23-25H,2,11-12,21H2,1H3,(H,22,26). The normalized spacial score (nSPS) is 12.8. The van der Waals surface area contributed by atoms with Crippen LogP contribution in [0.1, 0.15) is 18.1 Å². The van der Waals surface area contributed by atoms with Crippen LogP contribution in [0.3, 0.4) is 0 Å². The van der Waals surface area contributed by atoms with E-state index in [1.807, 2.05) is 0 Å². The third-order valence-corrected chi connectivity index (χ3v) is 4.16. The number of nitrogens with one attached hydrogen (secondary N) is 2. The minimum atomic E-state index is -0.896. The van der Waals surface area contributed by atoms with E-state index in [1.165, 1.54) is 24.3 Å². The zero-order chi connectivity index (χ0) is 20.5. The van der Waals surface area contributed by atoms with Crippen LogP contribution in [0.4, 0.5) is 0 Å². The highest BCUT2D eigenvalue weighted by Crippen LogP contribution is 2.13. The molecular formula is C20H25N3O5. The van der Waals surface area contributed by atoms with Gasteiger partial charge in [-0.05, 0) is 48.7 Å². The second-order valence-corrected chi connectivity index (χ2v) is 6.27. The largest absolute Gasteiger partial charge is 0.508 e. The molecule has 0 saturated carbocycles. The van der Waals surface area contributed by atoms with Gasteiger partial charge in [0.05, 0.1) is 6.61 Å². The second kappa shape index (κ2) is 10.3. The van der Waals surface area contributed by atoms with Gasteiger partial charge in [0.2, 0.25) is 5.91 Å². The smallest absolute Gasteiger partial charge is 0.328 e. The van der Waals surface area contributed by atoms with Crippen molar-refractivity contribution in [3.8, 4) is 11.5 Å². The highest BCUT2D eigenvalue weighted by Gasteiger charge is 2.26. The van der Waals surface area contributed by atoms with Gasteiger partial charge in [-0.25, -0.2) is 10.2 Å². The van der Waals surface area contributed by atoms with Gasteiger partial charge in [-0.2, -0.15) is 0 Å². The molecule has 0 aliphatic carbocycles. The molecule has 0 fully saturated rings. The van der Waals surface area contributed by atoms with Crippen LogP contribution in [0.5, 0.6) is 11.5 Å². The van der Waals surface area contributed by atoms with Gasteiger partial charge in [-0.3, -0.25) is 10.6 Å². The third-order valence-electron chi connectivity index (χ3n) is 4.16. The molecule has 150 valence electrons. The van der Waals surface area contributed by atoms with Crippen molar-refractivity contribution in [1.29, 1.82) is 0 Å². The first-order chi connectivity index (χ1) is 13.4. The average Bonchev–Trinajstić information content (AvgIpc) is 2.68. The zero-order valence-electron chi connectivity index (χ0n) is 15.6. The van der Waals surface area contributed by atoms with Gasteiger partial charge in [0.15, 0.2) is 0 Å². The van der Waals surface area contributed by atoms with Crippen molar-refractivity contribution in [3.63, 3.8) is 0 Å². The summed E-state index contributed by atoms with van der Waals surface area (Å²) in [5, 5.41) is 21.4. The lowest BCUT2D eigenvalue weighted by molar-refractivity contribution is -0.147. The van der Waals surface area contributed by atoms with E-state index < -0.39 is 24.0 Å². The lowest BCUT2D eigenvalue weighted by Crippen LogP contribution is -2.53. The van der Waals surface area contributed by atoms with Crippen LogP contribution in [0.15, 0.2) is 48.5 Å². The maximum atomic E-state index is 12.7. The summed E-state index contributed by atoms with van der Waals surface area (Å²) in [4.78, 5) is 24.9. The zero-order valence-corrected chi connectivity index (χ0v) is 15.6. The molecule has 0 bridgehead atoms. The van der Waals surface area contributed by atoms with Crippen molar-refractivity contribution in [2.45, 2.75) is 31.8 Å². The number of carbonyl (C=O) groups excluding carboxylic acids is 2. The number of ether oxygens (including phenoxy) is 1. The monoisotopic (exact) mass is 387 g/mol. The summed E-state index contributed by atoms with van der Waals surface area (Å²) in [6.45, 7) is 1.87. The summed E-state index contributed by atoms with van der Waals surface area (Å²) in [5.74, 6) is 4.76. The van der Waals surface area contributed by atoms with Gasteiger partial charge >= 0.3 is 5.97 Å². The molecule has 2 atom stereocenters. The number of esters is 1. The molecular weight excluding hydrogens is 362 g/mol. The van der Waals surface area contributed by atoms with Gasteiger partial charge in [0, 0.05) is 6.42 Å². The summed E-state index contributed by atoms with van der Waals surface area (Å²) in [6, 6.07) is 11.1. The van der Waals surface area contributed by atoms with Gasteiger partial charge in [0.1, 0.15) is 23.6 Å². The molecule has 6 N–H and O–H groups in total. The van der Waals surface area contributed by atoms with Crippen LogP contribution in [0, 0.1) is 0 Å². The average molecular weight is 387 g/mol. The Balaban J connectivity index is 2.08. The molecule has 28 heavy (non-hydrogen) atoms. The van der Waals surface area contributed by atoms with E-state index in [1.54, 1.807) is 31.2 Å². The number of hydrogen-bond donors (Lipinski definition) is 5. The molecule has 0 saturated heterocycles. The lowest BCUT2D eigenvalue weighted by atomic mass is 10.0. The Morgan fingerprint density at radius 1 is 0.929 bits per heavy atom. The fourth-order valence-corrected chi connectivity index (χ4v) is 2.67. The lowest BCUT2D eigenvalue weighted by Gasteiger charge is -2.21. The number of benzene rings is 2. The van der Waals surface area contributed by atoms with Crippen molar-refractivity contribution in [2.24, 2.45) is 5.84 Å². The Morgan fingerprint density at radius 2 is 1.39 bits per heavy atom. The second-order valence-electron chi connectivity index (χ2n) is 6.27. The number of hydrogen-bond acceptors (Lipinski definition) is 7. The van der Waals surface area contributed by atoms with Gasteiger partial charge in [-0.15, -0.1) is 0 Å². The Bertz CT molecular complexity index is 777. The Hall–Kier alpha value is -3.10. The van der Waals surface area contributed by atoms with Gasteiger partial charge in [0.25, 0.3) is 0 Å². The highest BCUT2D eigenvalue weighted by molar-refractivity contribution is 5.88. The fourth-order valence-electron chi connectivity index (χ4n) is 2.67. The Labute approximate surface area is 163 Å². The minimum absolute atomic E-state index is 0.113. The summed E-state index contributed by atoms with van der Waals surface area (Å²) in [7, 11) is 0. The summed E-state index contributed by atoms with van der Waals surface area (Å²) < 4.78 is 5.06. The topological polar surface area (TPSA) is 134 Å².